The summed E-state index contributed by atoms with van der Waals surface area (Å²) < 4.78 is 10.1. The summed E-state index contributed by atoms with van der Waals surface area (Å²) >= 11 is 6.85. The maximum absolute atomic E-state index is 12.0. The van der Waals surface area contributed by atoms with Crippen molar-refractivity contribution in [2.24, 2.45) is 0 Å². The lowest BCUT2D eigenvalue weighted by Gasteiger charge is -2.13. The Labute approximate surface area is 151 Å². The predicted octanol–water partition coefficient (Wildman–Crippen LogP) is 4.28. The second kappa shape index (κ2) is 7.63. The van der Waals surface area contributed by atoms with Crippen molar-refractivity contribution in [3.05, 3.63) is 39.8 Å². The Morgan fingerprint density at radius 3 is 2.46 bits per heavy atom. The Morgan fingerprint density at radius 2 is 1.88 bits per heavy atom. The van der Waals surface area contributed by atoms with Crippen molar-refractivity contribution in [2.75, 3.05) is 24.9 Å². The number of benzene rings is 1. The molecule has 0 fully saturated rings. The molecule has 0 unspecified atom stereocenters. The van der Waals surface area contributed by atoms with Crippen molar-refractivity contribution in [1.82, 2.24) is 0 Å². The summed E-state index contributed by atoms with van der Waals surface area (Å²) in [6, 6.07) is 5.68. The SMILES string of the molecule is COC(=O)c1c(NC(=S)Nc2ccc(OC)cc2C)sc(C)c1C. The van der Waals surface area contributed by atoms with Gasteiger partial charge in [0.2, 0.25) is 0 Å². The van der Waals surface area contributed by atoms with Crippen molar-refractivity contribution in [3.8, 4) is 5.75 Å². The summed E-state index contributed by atoms with van der Waals surface area (Å²) in [6.45, 7) is 5.82. The molecule has 0 spiro atoms. The van der Waals surface area contributed by atoms with Gasteiger partial charge in [0, 0.05) is 10.6 Å². The maximum Gasteiger partial charge on any atom is 0.341 e. The van der Waals surface area contributed by atoms with Crippen LogP contribution in [0.2, 0.25) is 0 Å². The standard InChI is InChI=1S/C17H20N2O3S2/c1-9-8-12(21-4)6-7-13(9)18-17(23)19-15-14(16(20)22-5)10(2)11(3)24-15/h6-8H,1-5H3,(H2,18,19,23). The molecule has 5 nitrogen and oxygen atoms in total. The molecule has 0 bridgehead atoms. The number of aryl methyl sites for hydroxylation is 2. The van der Waals surface area contributed by atoms with Gasteiger partial charge in [0.15, 0.2) is 5.11 Å². The molecule has 2 rings (SSSR count). The van der Waals surface area contributed by atoms with Crippen molar-refractivity contribution < 1.29 is 14.3 Å². The molecule has 0 atom stereocenters. The number of thiophene rings is 1. The van der Waals surface area contributed by atoms with E-state index in [2.05, 4.69) is 10.6 Å². The normalized spacial score (nSPS) is 10.2. The average molecular weight is 364 g/mol. The van der Waals surface area contributed by atoms with E-state index in [0.29, 0.717) is 15.7 Å². The number of methoxy groups -OCH3 is 2. The second-order valence-electron chi connectivity index (χ2n) is 5.24. The molecule has 1 aromatic carbocycles. The minimum absolute atomic E-state index is 0.372. The van der Waals surface area contributed by atoms with Crippen LogP contribution in [-0.2, 0) is 4.74 Å². The minimum atomic E-state index is -0.372. The minimum Gasteiger partial charge on any atom is -0.497 e. The fraction of sp³-hybridized carbons (Fsp3) is 0.294. The number of nitrogens with one attached hydrogen (secondary N) is 2. The van der Waals surface area contributed by atoms with E-state index >= 15 is 0 Å². The number of hydrogen-bond donors (Lipinski definition) is 2. The molecule has 24 heavy (non-hydrogen) atoms. The zero-order chi connectivity index (χ0) is 17.9. The molecule has 128 valence electrons. The lowest BCUT2D eigenvalue weighted by molar-refractivity contribution is 0.0601. The summed E-state index contributed by atoms with van der Waals surface area (Å²) in [4.78, 5) is 13.0. The third kappa shape index (κ3) is 3.85. The van der Waals surface area contributed by atoms with E-state index in [-0.39, 0.29) is 5.97 Å². The smallest absolute Gasteiger partial charge is 0.341 e. The molecule has 2 aromatic rings. The van der Waals surface area contributed by atoms with Gasteiger partial charge in [-0.1, -0.05) is 0 Å². The monoisotopic (exact) mass is 364 g/mol. The third-order valence-electron chi connectivity index (χ3n) is 3.68. The Balaban J connectivity index is 2.19. The van der Waals surface area contributed by atoms with E-state index in [1.165, 1.54) is 18.4 Å². The van der Waals surface area contributed by atoms with Gasteiger partial charge in [-0.25, -0.2) is 4.79 Å². The predicted molar refractivity (Wildman–Crippen MR) is 103 cm³/mol. The Kier molecular flexibility index (Phi) is 5.80. The van der Waals surface area contributed by atoms with Gasteiger partial charge in [-0.15, -0.1) is 11.3 Å². The molecule has 0 radical (unpaired) electrons. The Morgan fingerprint density at radius 1 is 1.17 bits per heavy atom. The van der Waals surface area contributed by atoms with Gasteiger partial charge < -0.3 is 20.1 Å². The van der Waals surface area contributed by atoms with Crippen LogP contribution in [0.4, 0.5) is 10.7 Å². The molecular formula is C17H20N2O3S2. The summed E-state index contributed by atoms with van der Waals surface area (Å²) in [7, 11) is 3.00. The number of anilines is 2. The summed E-state index contributed by atoms with van der Waals surface area (Å²) in [5, 5.41) is 7.33. The quantitative estimate of drug-likeness (QED) is 0.624. The highest BCUT2D eigenvalue weighted by molar-refractivity contribution is 7.80. The van der Waals surface area contributed by atoms with E-state index in [9.17, 15) is 4.79 Å². The molecule has 0 aliphatic heterocycles. The average Bonchev–Trinajstić information content (AvgIpc) is 2.82. The molecule has 7 heteroatoms. The van der Waals surface area contributed by atoms with Crippen molar-refractivity contribution in [1.29, 1.82) is 0 Å². The fourth-order valence-electron chi connectivity index (χ4n) is 2.22. The van der Waals surface area contributed by atoms with Crippen LogP contribution in [0.3, 0.4) is 0 Å². The van der Waals surface area contributed by atoms with Crippen LogP contribution < -0.4 is 15.4 Å². The molecular weight excluding hydrogens is 344 g/mol. The molecule has 0 aliphatic carbocycles. The number of rotatable bonds is 4. The molecule has 0 saturated heterocycles. The topological polar surface area (TPSA) is 59.6 Å². The number of esters is 1. The zero-order valence-corrected chi connectivity index (χ0v) is 15.9. The molecule has 1 heterocycles. The van der Waals surface area contributed by atoms with Crippen LogP contribution in [-0.4, -0.2) is 25.3 Å². The number of carbonyl (C=O) groups excluding carboxylic acids is 1. The van der Waals surface area contributed by atoms with Gasteiger partial charge in [-0.3, -0.25) is 0 Å². The first-order chi connectivity index (χ1) is 11.4. The molecule has 1 aromatic heterocycles. The summed E-state index contributed by atoms with van der Waals surface area (Å²) in [6.07, 6.45) is 0. The second-order valence-corrected chi connectivity index (χ2v) is 6.87. The number of hydrogen-bond acceptors (Lipinski definition) is 5. The van der Waals surface area contributed by atoms with Crippen LogP contribution in [0.5, 0.6) is 5.75 Å². The van der Waals surface area contributed by atoms with Gasteiger partial charge in [-0.2, -0.15) is 0 Å². The van der Waals surface area contributed by atoms with Crippen LogP contribution in [0.15, 0.2) is 18.2 Å². The highest BCUT2D eigenvalue weighted by Crippen LogP contribution is 2.33. The highest BCUT2D eigenvalue weighted by atomic mass is 32.1. The van der Waals surface area contributed by atoms with Crippen LogP contribution >= 0.6 is 23.6 Å². The van der Waals surface area contributed by atoms with Gasteiger partial charge in [0.1, 0.15) is 10.8 Å². The van der Waals surface area contributed by atoms with E-state index < -0.39 is 0 Å². The van der Waals surface area contributed by atoms with E-state index in [0.717, 1.165) is 27.4 Å². The number of thiocarbonyl (C=S) groups is 1. The molecule has 0 saturated carbocycles. The summed E-state index contributed by atoms with van der Waals surface area (Å²) in [5.74, 6) is 0.414. The van der Waals surface area contributed by atoms with Crippen molar-refractivity contribution >= 4 is 45.3 Å². The van der Waals surface area contributed by atoms with Gasteiger partial charge in [0.05, 0.1) is 19.8 Å². The highest BCUT2D eigenvalue weighted by Gasteiger charge is 2.20. The maximum atomic E-state index is 12.0. The number of ether oxygens (including phenoxy) is 2. The first kappa shape index (κ1) is 18.2. The van der Waals surface area contributed by atoms with Gasteiger partial charge >= 0.3 is 5.97 Å². The van der Waals surface area contributed by atoms with Crippen LogP contribution in [0.25, 0.3) is 0 Å². The number of carbonyl (C=O) groups is 1. The van der Waals surface area contributed by atoms with E-state index in [4.69, 9.17) is 21.7 Å². The van der Waals surface area contributed by atoms with Crippen molar-refractivity contribution in [2.45, 2.75) is 20.8 Å². The Bertz CT molecular complexity index is 784. The molecule has 2 N–H and O–H groups in total. The molecule has 0 amide bonds. The lowest BCUT2D eigenvalue weighted by atomic mass is 10.1. The fourth-order valence-corrected chi connectivity index (χ4v) is 3.55. The first-order valence-electron chi connectivity index (χ1n) is 7.28. The largest absolute Gasteiger partial charge is 0.497 e. The van der Waals surface area contributed by atoms with Crippen LogP contribution in [0, 0.1) is 20.8 Å². The summed E-state index contributed by atoms with van der Waals surface area (Å²) in [5.41, 5.74) is 3.30. The van der Waals surface area contributed by atoms with E-state index in [1.807, 2.05) is 39.0 Å². The van der Waals surface area contributed by atoms with Gasteiger partial charge in [0.25, 0.3) is 0 Å². The van der Waals surface area contributed by atoms with Crippen LogP contribution in [0.1, 0.15) is 26.4 Å². The van der Waals surface area contributed by atoms with Crippen molar-refractivity contribution in [3.63, 3.8) is 0 Å². The zero-order valence-electron chi connectivity index (χ0n) is 14.3. The Hall–Kier alpha value is -2.12. The lowest BCUT2D eigenvalue weighted by Crippen LogP contribution is -2.20. The first-order valence-corrected chi connectivity index (χ1v) is 8.50. The third-order valence-corrected chi connectivity index (χ3v) is 5.01. The van der Waals surface area contributed by atoms with E-state index in [1.54, 1.807) is 7.11 Å². The van der Waals surface area contributed by atoms with Gasteiger partial charge in [-0.05, 0) is 62.3 Å². The molecule has 0 aliphatic rings.